The highest BCUT2D eigenvalue weighted by molar-refractivity contribution is 6.32. The lowest BCUT2D eigenvalue weighted by molar-refractivity contribution is -0.384. The maximum atomic E-state index is 13.1. The molecule has 2 heterocycles. The lowest BCUT2D eigenvalue weighted by Gasteiger charge is -2.15. The molecule has 2 aliphatic heterocycles. The van der Waals surface area contributed by atoms with Gasteiger partial charge in [0, 0.05) is 17.7 Å². The van der Waals surface area contributed by atoms with Crippen LogP contribution in [-0.2, 0) is 14.4 Å². The summed E-state index contributed by atoms with van der Waals surface area (Å²) in [5.41, 5.74) is 0.529. The number of carbonyl (C=O) groups excluding carboxylic acids is 2. The first-order chi connectivity index (χ1) is 12.5. The molecule has 9 heteroatoms. The van der Waals surface area contributed by atoms with Gasteiger partial charge in [-0.3, -0.25) is 19.7 Å². The maximum absolute atomic E-state index is 13.1. The van der Waals surface area contributed by atoms with Gasteiger partial charge in [0.15, 0.2) is 0 Å². The molecular weight excluding hydrogens is 345 g/mol. The number of anilines is 1. The molecule has 2 amide bonds. The van der Waals surface area contributed by atoms with Crippen molar-refractivity contribution < 1.29 is 23.7 Å². The number of nitrogens with zero attached hydrogens (tertiary/aromatic N) is 3. The summed E-state index contributed by atoms with van der Waals surface area (Å²) >= 11 is 0. The minimum atomic E-state index is -1.14. The Labute approximate surface area is 145 Å². The Morgan fingerprint density at radius 2 is 1.85 bits per heavy atom. The molecular formula is C17H10FN3O5. The van der Waals surface area contributed by atoms with Gasteiger partial charge in [-0.15, -0.1) is 0 Å². The van der Waals surface area contributed by atoms with Gasteiger partial charge in [0.25, 0.3) is 11.6 Å². The number of non-ortho nitro benzene ring substituents is 1. The quantitative estimate of drug-likeness (QED) is 0.476. The lowest BCUT2D eigenvalue weighted by Crippen LogP contribution is -2.33. The molecule has 0 saturated carbocycles. The molecule has 0 bridgehead atoms. The Bertz CT molecular complexity index is 973. The Morgan fingerprint density at radius 3 is 2.54 bits per heavy atom. The van der Waals surface area contributed by atoms with Gasteiger partial charge in [-0.05, 0) is 18.2 Å². The topological polar surface area (TPSA) is 102 Å². The van der Waals surface area contributed by atoms with Crippen LogP contribution in [0.25, 0.3) is 0 Å². The SMILES string of the molecule is O=C1C2ON=C(c3ccc(F)cc3)C2C(=O)N1c1cccc([N+](=O)[O-])c1. The number of fused-ring (bicyclic) bond motifs is 1. The number of hydrogen-bond acceptors (Lipinski definition) is 6. The van der Waals surface area contributed by atoms with Gasteiger partial charge in [0.1, 0.15) is 17.4 Å². The van der Waals surface area contributed by atoms with Crippen molar-refractivity contribution in [3.05, 3.63) is 70.0 Å². The molecule has 130 valence electrons. The first-order valence-electron chi connectivity index (χ1n) is 7.59. The van der Waals surface area contributed by atoms with E-state index < -0.39 is 34.6 Å². The van der Waals surface area contributed by atoms with Crippen LogP contribution in [0.2, 0.25) is 0 Å². The number of benzene rings is 2. The van der Waals surface area contributed by atoms with Crippen molar-refractivity contribution in [1.82, 2.24) is 0 Å². The molecule has 4 rings (SSSR count). The molecule has 1 saturated heterocycles. The number of imide groups is 1. The minimum absolute atomic E-state index is 0.0886. The van der Waals surface area contributed by atoms with Gasteiger partial charge in [0.05, 0.1) is 10.6 Å². The molecule has 1 fully saturated rings. The van der Waals surface area contributed by atoms with Crippen LogP contribution in [-0.4, -0.2) is 28.6 Å². The highest BCUT2D eigenvalue weighted by Crippen LogP contribution is 2.36. The zero-order valence-electron chi connectivity index (χ0n) is 13.0. The molecule has 26 heavy (non-hydrogen) atoms. The summed E-state index contributed by atoms with van der Waals surface area (Å²) in [5.74, 6) is -2.67. The summed E-state index contributed by atoms with van der Waals surface area (Å²) in [6, 6.07) is 10.5. The van der Waals surface area contributed by atoms with E-state index in [0.29, 0.717) is 5.56 Å². The van der Waals surface area contributed by atoms with Crippen molar-refractivity contribution in [3.63, 3.8) is 0 Å². The van der Waals surface area contributed by atoms with E-state index in [0.717, 1.165) is 11.0 Å². The van der Waals surface area contributed by atoms with Crippen LogP contribution in [0.3, 0.4) is 0 Å². The molecule has 0 aromatic heterocycles. The van der Waals surface area contributed by atoms with Crippen LogP contribution >= 0.6 is 0 Å². The van der Waals surface area contributed by atoms with E-state index in [9.17, 15) is 24.1 Å². The standard InChI is InChI=1S/C17H10FN3O5/c18-10-6-4-9(5-7-10)14-13-15(26-19-14)17(23)20(16(13)22)11-2-1-3-12(8-11)21(24)25/h1-8,13,15H. The van der Waals surface area contributed by atoms with E-state index in [-0.39, 0.29) is 17.1 Å². The third kappa shape index (κ3) is 2.32. The Morgan fingerprint density at radius 1 is 1.12 bits per heavy atom. The van der Waals surface area contributed by atoms with Crippen LogP contribution in [0.5, 0.6) is 0 Å². The highest BCUT2D eigenvalue weighted by atomic mass is 19.1. The zero-order chi connectivity index (χ0) is 18.4. The molecule has 2 aromatic rings. The summed E-state index contributed by atoms with van der Waals surface area (Å²) < 4.78 is 13.1. The Hall–Kier alpha value is -3.62. The van der Waals surface area contributed by atoms with Crippen LogP contribution in [0, 0.1) is 21.8 Å². The minimum Gasteiger partial charge on any atom is -0.381 e. The molecule has 2 unspecified atom stereocenters. The first-order valence-corrected chi connectivity index (χ1v) is 7.59. The lowest BCUT2D eigenvalue weighted by atomic mass is 9.94. The predicted octanol–water partition coefficient (Wildman–Crippen LogP) is 2.03. The maximum Gasteiger partial charge on any atom is 0.278 e. The van der Waals surface area contributed by atoms with E-state index in [2.05, 4.69) is 5.16 Å². The fourth-order valence-corrected chi connectivity index (χ4v) is 3.04. The van der Waals surface area contributed by atoms with E-state index in [1.54, 1.807) is 0 Å². The smallest absolute Gasteiger partial charge is 0.278 e. The number of nitro groups is 1. The predicted molar refractivity (Wildman–Crippen MR) is 86.9 cm³/mol. The summed E-state index contributed by atoms with van der Waals surface area (Å²) in [6.45, 7) is 0. The van der Waals surface area contributed by atoms with Crippen molar-refractivity contribution >= 4 is 28.9 Å². The summed E-state index contributed by atoms with van der Waals surface area (Å²) in [7, 11) is 0. The summed E-state index contributed by atoms with van der Waals surface area (Å²) in [6.07, 6.45) is -1.14. The van der Waals surface area contributed by atoms with Gasteiger partial charge in [0.2, 0.25) is 12.0 Å². The monoisotopic (exact) mass is 355 g/mol. The normalized spacial score (nSPS) is 21.4. The summed E-state index contributed by atoms with van der Waals surface area (Å²) in [4.78, 5) is 41.7. The second kappa shape index (κ2) is 5.73. The molecule has 2 aliphatic rings. The number of carbonyl (C=O) groups is 2. The number of nitro benzene ring substituents is 1. The van der Waals surface area contributed by atoms with Crippen molar-refractivity contribution in [3.8, 4) is 0 Å². The van der Waals surface area contributed by atoms with Crippen LogP contribution in [0.15, 0.2) is 53.7 Å². The largest absolute Gasteiger partial charge is 0.381 e. The number of halogens is 1. The van der Waals surface area contributed by atoms with E-state index >= 15 is 0 Å². The van der Waals surface area contributed by atoms with E-state index in [1.165, 1.54) is 42.5 Å². The van der Waals surface area contributed by atoms with Crippen molar-refractivity contribution in [2.75, 3.05) is 4.90 Å². The molecule has 8 nitrogen and oxygen atoms in total. The van der Waals surface area contributed by atoms with Gasteiger partial charge >= 0.3 is 0 Å². The fourth-order valence-electron chi connectivity index (χ4n) is 3.04. The third-order valence-electron chi connectivity index (χ3n) is 4.25. The van der Waals surface area contributed by atoms with Gasteiger partial charge in [-0.25, -0.2) is 9.29 Å². The van der Waals surface area contributed by atoms with Crippen molar-refractivity contribution in [2.24, 2.45) is 11.1 Å². The number of hydrogen-bond donors (Lipinski definition) is 0. The van der Waals surface area contributed by atoms with Crippen LogP contribution in [0.4, 0.5) is 15.8 Å². The second-order valence-corrected chi connectivity index (χ2v) is 5.78. The molecule has 0 N–H and O–H groups in total. The zero-order valence-corrected chi connectivity index (χ0v) is 13.0. The van der Waals surface area contributed by atoms with E-state index in [1.807, 2.05) is 0 Å². The Balaban J connectivity index is 1.70. The van der Waals surface area contributed by atoms with Gasteiger partial charge in [-0.2, -0.15) is 0 Å². The number of amides is 2. The first kappa shape index (κ1) is 15.9. The molecule has 0 radical (unpaired) electrons. The van der Waals surface area contributed by atoms with Crippen LogP contribution in [0.1, 0.15) is 5.56 Å². The Kier molecular flexibility index (Phi) is 3.50. The van der Waals surface area contributed by atoms with Crippen molar-refractivity contribution in [2.45, 2.75) is 6.10 Å². The highest BCUT2D eigenvalue weighted by Gasteiger charge is 2.56. The average molecular weight is 355 g/mol. The molecule has 2 atom stereocenters. The van der Waals surface area contributed by atoms with E-state index in [4.69, 9.17) is 4.84 Å². The van der Waals surface area contributed by atoms with Gasteiger partial charge in [-0.1, -0.05) is 23.4 Å². The molecule has 2 aromatic carbocycles. The van der Waals surface area contributed by atoms with Crippen molar-refractivity contribution in [1.29, 1.82) is 0 Å². The van der Waals surface area contributed by atoms with Crippen LogP contribution < -0.4 is 4.90 Å². The summed E-state index contributed by atoms with van der Waals surface area (Å²) in [5, 5.41) is 14.7. The second-order valence-electron chi connectivity index (χ2n) is 5.78. The molecule has 0 aliphatic carbocycles. The number of oxime groups is 1. The van der Waals surface area contributed by atoms with Gasteiger partial charge < -0.3 is 4.84 Å². The third-order valence-corrected chi connectivity index (χ3v) is 4.25. The fraction of sp³-hybridized carbons (Fsp3) is 0.118. The molecule has 0 spiro atoms. The average Bonchev–Trinajstić information content (AvgIpc) is 3.16. The number of rotatable bonds is 3.